The predicted molar refractivity (Wildman–Crippen MR) is 55.5 cm³/mol. The van der Waals surface area contributed by atoms with Crippen molar-refractivity contribution in [1.82, 2.24) is 10.2 Å². The minimum absolute atomic E-state index is 0. The summed E-state index contributed by atoms with van der Waals surface area (Å²) in [7, 11) is 0. The minimum atomic E-state index is 0. The van der Waals surface area contributed by atoms with Crippen LogP contribution >= 0.6 is 12.4 Å². The fraction of sp³-hybridized carbons (Fsp3) is 0.778. The Bertz CT molecular complexity index is 281. The highest BCUT2D eigenvalue weighted by Gasteiger charge is 2.23. The van der Waals surface area contributed by atoms with E-state index in [4.69, 9.17) is 10.2 Å². The largest absolute Gasteiger partial charge is 0.425 e. The summed E-state index contributed by atoms with van der Waals surface area (Å²) in [5.41, 5.74) is 5.81. The van der Waals surface area contributed by atoms with Gasteiger partial charge in [0.1, 0.15) is 0 Å². The van der Waals surface area contributed by atoms with Crippen molar-refractivity contribution in [3.05, 3.63) is 11.8 Å². The van der Waals surface area contributed by atoms with Crippen molar-refractivity contribution in [2.24, 2.45) is 5.73 Å². The summed E-state index contributed by atoms with van der Waals surface area (Å²) in [6, 6.07) is 0.375. The number of aromatic nitrogens is 2. The summed E-state index contributed by atoms with van der Waals surface area (Å²) < 4.78 is 5.40. The van der Waals surface area contributed by atoms with Crippen LogP contribution in [0.4, 0.5) is 0 Å². The molecule has 2 N–H and O–H groups in total. The fourth-order valence-electron chi connectivity index (χ4n) is 1.84. The van der Waals surface area contributed by atoms with Gasteiger partial charge in [0.15, 0.2) is 0 Å². The molecular formula is C9H16ClN3O. The molecule has 80 valence electrons. The molecule has 1 aromatic heterocycles. The van der Waals surface area contributed by atoms with Crippen molar-refractivity contribution in [2.45, 2.75) is 44.6 Å². The van der Waals surface area contributed by atoms with Gasteiger partial charge in [-0.05, 0) is 25.7 Å². The van der Waals surface area contributed by atoms with Gasteiger partial charge in [-0.3, -0.25) is 0 Å². The molecule has 1 aliphatic rings. The maximum Gasteiger partial charge on any atom is 0.219 e. The number of halogens is 1. The van der Waals surface area contributed by atoms with E-state index in [1.807, 2.05) is 6.92 Å². The number of nitrogens with zero attached hydrogens (tertiary/aromatic N) is 2. The summed E-state index contributed by atoms with van der Waals surface area (Å²) in [5, 5.41) is 7.87. The average Bonchev–Trinajstić information content (AvgIpc) is 2.53. The quantitative estimate of drug-likeness (QED) is 0.779. The smallest absolute Gasteiger partial charge is 0.219 e. The zero-order chi connectivity index (χ0) is 9.26. The van der Waals surface area contributed by atoms with Gasteiger partial charge in [-0.15, -0.1) is 22.6 Å². The lowest BCUT2D eigenvalue weighted by Gasteiger charge is -2.23. The Morgan fingerprint density at radius 3 is 2.36 bits per heavy atom. The molecule has 1 heterocycles. The Morgan fingerprint density at radius 2 is 1.86 bits per heavy atom. The summed E-state index contributed by atoms with van der Waals surface area (Å²) in [6.07, 6.45) is 4.32. The number of rotatable bonds is 1. The van der Waals surface area contributed by atoms with Gasteiger partial charge in [-0.1, -0.05) is 0 Å². The summed E-state index contributed by atoms with van der Waals surface area (Å²) in [6.45, 7) is 1.82. The van der Waals surface area contributed by atoms with E-state index in [9.17, 15) is 0 Å². The van der Waals surface area contributed by atoms with Crippen LogP contribution in [0.15, 0.2) is 4.42 Å². The first-order valence-corrected chi connectivity index (χ1v) is 4.81. The highest BCUT2D eigenvalue weighted by molar-refractivity contribution is 5.85. The zero-order valence-corrected chi connectivity index (χ0v) is 9.09. The van der Waals surface area contributed by atoms with E-state index in [0.29, 0.717) is 17.9 Å². The molecule has 0 saturated heterocycles. The topological polar surface area (TPSA) is 64.9 Å². The molecule has 0 amide bonds. The molecule has 1 saturated carbocycles. The van der Waals surface area contributed by atoms with E-state index in [0.717, 1.165) is 31.6 Å². The van der Waals surface area contributed by atoms with E-state index in [1.165, 1.54) is 0 Å². The maximum absolute atomic E-state index is 5.81. The molecule has 0 aliphatic heterocycles. The standard InChI is InChI=1S/C9H15N3O.ClH/c1-6-11-12-9(13-6)7-2-4-8(10)5-3-7;/h7-8H,2-5,10H2,1H3;1H. The highest BCUT2D eigenvalue weighted by atomic mass is 35.5. The second-order valence-corrected chi connectivity index (χ2v) is 3.77. The molecule has 1 aromatic rings. The van der Waals surface area contributed by atoms with Crippen molar-refractivity contribution < 1.29 is 4.42 Å². The molecular weight excluding hydrogens is 202 g/mol. The molecule has 0 atom stereocenters. The van der Waals surface area contributed by atoms with Crippen LogP contribution in [0.5, 0.6) is 0 Å². The molecule has 0 bridgehead atoms. The van der Waals surface area contributed by atoms with Crippen LogP contribution in [-0.4, -0.2) is 16.2 Å². The number of aryl methyl sites for hydroxylation is 1. The third kappa shape index (κ3) is 2.45. The Hall–Kier alpha value is -0.610. The molecule has 2 rings (SSSR count). The van der Waals surface area contributed by atoms with Gasteiger partial charge in [0, 0.05) is 18.9 Å². The van der Waals surface area contributed by atoms with Crippen LogP contribution in [0.25, 0.3) is 0 Å². The first-order chi connectivity index (χ1) is 6.25. The highest BCUT2D eigenvalue weighted by Crippen LogP contribution is 2.31. The van der Waals surface area contributed by atoms with Gasteiger partial charge in [0.25, 0.3) is 0 Å². The summed E-state index contributed by atoms with van der Waals surface area (Å²) >= 11 is 0. The van der Waals surface area contributed by atoms with Crippen LogP contribution in [-0.2, 0) is 0 Å². The lowest BCUT2D eigenvalue weighted by atomic mass is 9.86. The van der Waals surface area contributed by atoms with Crippen LogP contribution < -0.4 is 5.73 Å². The minimum Gasteiger partial charge on any atom is -0.425 e. The van der Waals surface area contributed by atoms with Crippen LogP contribution in [0.2, 0.25) is 0 Å². The third-order valence-corrected chi connectivity index (χ3v) is 2.66. The van der Waals surface area contributed by atoms with E-state index in [1.54, 1.807) is 0 Å². The molecule has 0 radical (unpaired) electrons. The van der Waals surface area contributed by atoms with Crippen molar-refractivity contribution in [1.29, 1.82) is 0 Å². The molecule has 0 aromatic carbocycles. The molecule has 1 fully saturated rings. The average molecular weight is 218 g/mol. The third-order valence-electron chi connectivity index (χ3n) is 2.66. The zero-order valence-electron chi connectivity index (χ0n) is 8.27. The first kappa shape index (κ1) is 11.5. The van der Waals surface area contributed by atoms with Crippen molar-refractivity contribution in [3.63, 3.8) is 0 Å². The van der Waals surface area contributed by atoms with Gasteiger partial charge < -0.3 is 10.2 Å². The van der Waals surface area contributed by atoms with Crippen LogP contribution in [0, 0.1) is 6.92 Å². The molecule has 4 nitrogen and oxygen atoms in total. The monoisotopic (exact) mass is 217 g/mol. The summed E-state index contributed by atoms with van der Waals surface area (Å²) in [5.74, 6) is 1.90. The van der Waals surface area contributed by atoms with E-state index in [-0.39, 0.29) is 12.4 Å². The van der Waals surface area contributed by atoms with Gasteiger partial charge >= 0.3 is 0 Å². The van der Waals surface area contributed by atoms with Crippen molar-refractivity contribution >= 4 is 12.4 Å². The second-order valence-electron chi connectivity index (χ2n) is 3.77. The lowest BCUT2D eigenvalue weighted by Crippen LogP contribution is -2.25. The normalized spacial score (nSPS) is 27.0. The van der Waals surface area contributed by atoms with E-state index >= 15 is 0 Å². The van der Waals surface area contributed by atoms with Crippen molar-refractivity contribution in [3.8, 4) is 0 Å². The number of hydrogen-bond acceptors (Lipinski definition) is 4. The molecule has 1 aliphatic carbocycles. The van der Waals surface area contributed by atoms with Gasteiger partial charge in [0.05, 0.1) is 0 Å². The number of hydrogen-bond donors (Lipinski definition) is 1. The molecule has 14 heavy (non-hydrogen) atoms. The van der Waals surface area contributed by atoms with Crippen molar-refractivity contribution in [2.75, 3.05) is 0 Å². The Morgan fingerprint density at radius 1 is 1.21 bits per heavy atom. The Labute approximate surface area is 89.7 Å². The Kier molecular flexibility index (Phi) is 3.89. The van der Waals surface area contributed by atoms with Gasteiger partial charge in [-0.25, -0.2) is 0 Å². The van der Waals surface area contributed by atoms with E-state index in [2.05, 4.69) is 10.2 Å². The number of nitrogens with two attached hydrogens (primary N) is 1. The van der Waals surface area contributed by atoms with Gasteiger partial charge in [0.2, 0.25) is 11.8 Å². The lowest BCUT2D eigenvalue weighted by molar-refractivity contribution is 0.334. The SMILES string of the molecule is Cc1nnc(C2CCC(N)CC2)o1.Cl. The van der Waals surface area contributed by atoms with Gasteiger partial charge in [-0.2, -0.15) is 0 Å². The molecule has 0 spiro atoms. The Balaban J connectivity index is 0.000000980. The summed E-state index contributed by atoms with van der Waals surface area (Å²) in [4.78, 5) is 0. The van der Waals surface area contributed by atoms with Crippen LogP contribution in [0.1, 0.15) is 43.4 Å². The molecule has 0 unspecified atom stereocenters. The molecule has 5 heteroatoms. The maximum atomic E-state index is 5.81. The first-order valence-electron chi connectivity index (χ1n) is 4.81. The second kappa shape index (κ2) is 4.75. The fourth-order valence-corrected chi connectivity index (χ4v) is 1.84. The van der Waals surface area contributed by atoms with E-state index < -0.39 is 0 Å². The van der Waals surface area contributed by atoms with Crippen LogP contribution in [0.3, 0.4) is 0 Å². The predicted octanol–water partition coefficient (Wildman–Crippen LogP) is 1.78.